The third-order valence-corrected chi connectivity index (χ3v) is 3.12. The zero-order valence-corrected chi connectivity index (χ0v) is 14.5. The number of benzene rings is 1. The summed E-state index contributed by atoms with van der Waals surface area (Å²) in [4.78, 5) is 33.9. The van der Waals surface area contributed by atoms with Crippen molar-refractivity contribution in [2.45, 2.75) is 40.0 Å². The van der Waals surface area contributed by atoms with Crippen LogP contribution in [0, 0.1) is 0 Å². The number of rotatable bonds is 6. The molecule has 6 heteroatoms. The molecule has 6 nitrogen and oxygen atoms in total. The van der Waals surface area contributed by atoms with E-state index >= 15 is 0 Å². The van der Waals surface area contributed by atoms with Crippen LogP contribution < -0.4 is 9.47 Å². The Morgan fingerprint density at radius 2 is 1.62 bits per heavy atom. The molecular weight excluding hydrogens is 312 g/mol. The van der Waals surface area contributed by atoms with E-state index in [0.29, 0.717) is 6.61 Å². The molecule has 0 spiro atoms. The van der Waals surface area contributed by atoms with Crippen molar-refractivity contribution in [3.63, 3.8) is 0 Å². The predicted octanol–water partition coefficient (Wildman–Crippen LogP) is 2.93. The van der Waals surface area contributed by atoms with Gasteiger partial charge in [0.1, 0.15) is 0 Å². The smallest absolute Gasteiger partial charge is 0.330 e. The Balaban J connectivity index is 3.16. The Morgan fingerprint density at radius 3 is 2.17 bits per heavy atom. The molecule has 1 rings (SSSR count). The highest BCUT2D eigenvalue weighted by Gasteiger charge is 2.21. The number of hydrogen-bond acceptors (Lipinski definition) is 6. The molecule has 0 heterocycles. The lowest BCUT2D eigenvalue weighted by Crippen LogP contribution is -2.16. The molecule has 0 aliphatic rings. The Labute approximate surface area is 141 Å². The van der Waals surface area contributed by atoms with E-state index in [-0.39, 0.29) is 11.5 Å². The average molecular weight is 334 g/mol. The molecule has 0 aromatic heterocycles. The summed E-state index contributed by atoms with van der Waals surface area (Å²) >= 11 is 0. The molecule has 0 radical (unpaired) electrons. The van der Waals surface area contributed by atoms with Crippen LogP contribution in [0.1, 0.15) is 40.2 Å². The molecule has 1 aromatic carbocycles. The SMILES string of the molecule is CCOC(=O)/C=C/C(C)(C)c1ccc(OC(C)=O)c(OC(C)=O)c1. The standard InChI is InChI=1S/C18H22O6/c1-6-22-17(21)9-10-18(4,5)14-7-8-15(23-12(2)19)16(11-14)24-13(3)20/h7-11H,6H2,1-5H3/b10-9+. The van der Waals surface area contributed by atoms with Gasteiger partial charge in [-0.25, -0.2) is 4.79 Å². The number of allylic oxidation sites excluding steroid dienone is 1. The number of carbonyl (C=O) groups is 3. The average Bonchev–Trinajstić information content (AvgIpc) is 2.46. The van der Waals surface area contributed by atoms with Crippen molar-refractivity contribution >= 4 is 17.9 Å². The second kappa shape index (κ2) is 8.29. The van der Waals surface area contributed by atoms with E-state index in [9.17, 15) is 14.4 Å². The van der Waals surface area contributed by atoms with E-state index in [4.69, 9.17) is 14.2 Å². The Hall–Kier alpha value is -2.63. The van der Waals surface area contributed by atoms with Gasteiger partial charge in [0.2, 0.25) is 0 Å². The van der Waals surface area contributed by atoms with Gasteiger partial charge >= 0.3 is 17.9 Å². The van der Waals surface area contributed by atoms with Gasteiger partial charge in [0.15, 0.2) is 11.5 Å². The molecule has 0 amide bonds. The summed E-state index contributed by atoms with van der Waals surface area (Å²) in [5.41, 5.74) is 0.242. The van der Waals surface area contributed by atoms with Crippen molar-refractivity contribution < 1.29 is 28.6 Å². The lowest BCUT2D eigenvalue weighted by Gasteiger charge is -2.22. The second-order valence-corrected chi connectivity index (χ2v) is 5.66. The summed E-state index contributed by atoms with van der Waals surface area (Å²) in [5.74, 6) is -1.17. The van der Waals surface area contributed by atoms with Crippen LogP contribution in [0.4, 0.5) is 0 Å². The first-order valence-corrected chi connectivity index (χ1v) is 7.53. The first-order chi connectivity index (χ1) is 11.2. The van der Waals surface area contributed by atoms with Gasteiger partial charge in [-0.05, 0) is 24.6 Å². The van der Waals surface area contributed by atoms with Crippen molar-refractivity contribution in [1.82, 2.24) is 0 Å². The van der Waals surface area contributed by atoms with Crippen LogP contribution in [0.3, 0.4) is 0 Å². The van der Waals surface area contributed by atoms with Gasteiger partial charge in [0, 0.05) is 25.3 Å². The fraction of sp³-hybridized carbons (Fsp3) is 0.389. The fourth-order valence-electron chi connectivity index (χ4n) is 1.95. The molecule has 130 valence electrons. The predicted molar refractivity (Wildman–Crippen MR) is 87.9 cm³/mol. The van der Waals surface area contributed by atoms with Crippen molar-refractivity contribution in [3.05, 3.63) is 35.9 Å². The maximum absolute atomic E-state index is 11.5. The normalized spacial score (nSPS) is 11.2. The van der Waals surface area contributed by atoms with Gasteiger partial charge in [0.05, 0.1) is 6.61 Å². The Kier molecular flexibility index (Phi) is 6.70. The molecule has 0 saturated carbocycles. The van der Waals surface area contributed by atoms with Crippen LogP contribution in [-0.4, -0.2) is 24.5 Å². The van der Waals surface area contributed by atoms with Gasteiger partial charge in [-0.2, -0.15) is 0 Å². The maximum Gasteiger partial charge on any atom is 0.330 e. The molecule has 0 aliphatic heterocycles. The van der Waals surface area contributed by atoms with Crippen molar-refractivity contribution in [1.29, 1.82) is 0 Å². The van der Waals surface area contributed by atoms with Crippen LogP contribution in [-0.2, 0) is 24.5 Å². The largest absolute Gasteiger partial charge is 0.463 e. The van der Waals surface area contributed by atoms with Crippen molar-refractivity contribution in [3.8, 4) is 11.5 Å². The van der Waals surface area contributed by atoms with Crippen LogP contribution in [0.2, 0.25) is 0 Å². The number of hydrogen-bond donors (Lipinski definition) is 0. The molecule has 0 N–H and O–H groups in total. The van der Waals surface area contributed by atoms with E-state index in [1.807, 2.05) is 13.8 Å². The minimum atomic E-state index is -0.531. The van der Waals surface area contributed by atoms with Gasteiger partial charge < -0.3 is 14.2 Å². The van der Waals surface area contributed by atoms with Crippen molar-refractivity contribution in [2.75, 3.05) is 6.61 Å². The third kappa shape index (κ3) is 5.87. The van der Waals surface area contributed by atoms with E-state index in [2.05, 4.69) is 0 Å². The summed E-state index contributed by atoms with van der Waals surface area (Å²) < 4.78 is 15.0. The number of esters is 3. The Morgan fingerprint density at radius 1 is 1.04 bits per heavy atom. The topological polar surface area (TPSA) is 78.9 Å². The summed E-state index contributed by atoms with van der Waals surface area (Å²) in [6, 6.07) is 4.89. The number of ether oxygens (including phenoxy) is 3. The minimum Gasteiger partial charge on any atom is -0.463 e. The fourth-order valence-corrected chi connectivity index (χ4v) is 1.95. The highest BCUT2D eigenvalue weighted by Crippen LogP contribution is 2.34. The maximum atomic E-state index is 11.5. The monoisotopic (exact) mass is 334 g/mol. The lowest BCUT2D eigenvalue weighted by molar-refractivity contribution is -0.137. The summed E-state index contributed by atoms with van der Waals surface area (Å²) in [7, 11) is 0. The molecule has 0 atom stereocenters. The third-order valence-electron chi connectivity index (χ3n) is 3.12. The van der Waals surface area contributed by atoms with Crippen LogP contribution in [0.5, 0.6) is 11.5 Å². The van der Waals surface area contributed by atoms with Gasteiger partial charge in [-0.3, -0.25) is 9.59 Å². The first-order valence-electron chi connectivity index (χ1n) is 7.53. The lowest BCUT2D eigenvalue weighted by atomic mass is 9.84. The molecule has 0 aliphatic carbocycles. The van der Waals surface area contributed by atoms with Crippen LogP contribution in [0.25, 0.3) is 0 Å². The molecule has 0 fully saturated rings. The Bertz CT molecular complexity index is 657. The summed E-state index contributed by atoms with van der Waals surface area (Å²) in [6.07, 6.45) is 3.05. The van der Waals surface area contributed by atoms with Gasteiger partial charge in [-0.15, -0.1) is 0 Å². The van der Waals surface area contributed by atoms with E-state index < -0.39 is 23.3 Å². The highest BCUT2D eigenvalue weighted by molar-refractivity contribution is 5.82. The van der Waals surface area contributed by atoms with Crippen molar-refractivity contribution in [2.24, 2.45) is 0 Å². The quantitative estimate of drug-likeness (QED) is 0.452. The molecule has 0 unspecified atom stereocenters. The summed E-state index contributed by atoms with van der Waals surface area (Å²) in [6.45, 7) is 8.34. The van der Waals surface area contributed by atoms with Crippen LogP contribution in [0.15, 0.2) is 30.4 Å². The van der Waals surface area contributed by atoms with Gasteiger partial charge in [-0.1, -0.05) is 26.0 Å². The second-order valence-electron chi connectivity index (χ2n) is 5.66. The van der Waals surface area contributed by atoms with Gasteiger partial charge in [0.25, 0.3) is 0 Å². The molecular formula is C18H22O6. The number of carbonyl (C=O) groups excluding carboxylic acids is 3. The summed E-state index contributed by atoms with van der Waals surface area (Å²) in [5, 5.41) is 0. The van der Waals surface area contributed by atoms with E-state index in [0.717, 1.165) is 5.56 Å². The molecule has 0 bridgehead atoms. The van der Waals surface area contributed by atoms with E-state index in [1.54, 1.807) is 31.2 Å². The molecule has 0 saturated heterocycles. The molecule has 24 heavy (non-hydrogen) atoms. The van der Waals surface area contributed by atoms with E-state index in [1.165, 1.54) is 19.9 Å². The zero-order valence-electron chi connectivity index (χ0n) is 14.5. The highest BCUT2D eigenvalue weighted by atomic mass is 16.6. The molecule has 1 aromatic rings. The zero-order chi connectivity index (χ0) is 18.3. The minimum absolute atomic E-state index is 0.146. The van der Waals surface area contributed by atoms with Crippen LogP contribution >= 0.6 is 0 Å². The first kappa shape index (κ1) is 19.4.